The third-order valence-electron chi connectivity index (χ3n) is 5.49. The number of aryl methyl sites for hydroxylation is 1. The van der Waals surface area contributed by atoms with Gasteiger partial charge in [-0.15, -0.1) is 0 Å². The molecule has 0 atom stereocenters. The molecule has 0 aliphatic carbocycles. The molecule has 0 spiro atoms. The molecule has 2 aromatic heterocycles. The van der Waals surface area contributed by atoms with Gasteiger partial charge in [-0.3, -0.25) is 9.78 Å². The van der Waals surface area contributed by atoms with Gasteiger partial charge in [-0.2, -0.15) is 0 Å². The van der Waals surface area contributed by atoms with Crippen LogP contribution in [0.2, 0.25) is 5.02 Å². The number of ether oxygens (including phenoxy) is 3. The number of hydrogen-bond acceptors (Lipinski definition) is 8. The Morgan fingerprint density at radius 2 is 1.81 bits per heavy atom. The molecule has 2 heterocycles. The van der Waals surface area contributed by atoms with Gasteiger partial charge >= 0.3 is 0 Å². The number of aliphatic hydroxyl groups excluding tert-OH is 1. The highest BCUT2D eigenvalue weighted by Crippen LogP contribution is 2.36. The predicted molar refractivity (Wildman–Crippen MR) is 135 cm³/mol. The molecular weight excluding hydrogens is 486 g/mol. The molecule has 0 saturated carbocycles. The fourth-order valence-electron chi connectivity index (χ4n) is 3.58. The average Bonchev–Trinajstić information content (AvgIpc) is 2.89. The van der Waals surface area contributed by atoms with Gasteiger partial charge in [-0.25, -0.2) is 4.99 Å². The smallest absolute Gasteiger partial charge is 0.261 e. The Morgan fingerprint density at radius 1 is 1.08 bits per heavy atom. The lowest BCUT2D eigenvalue weighted by atomic mass is 10.1. The van der Waals surface area contributed by atoms with Crippen LogP contribution in [0.3, 0.4) is 0 Å². The first kappa shape index (κ1) is 25.0. The number of nitrogens with zero attached hydrogens (tertiary/aromatic N) is 2. The van der Waals surface area contributed by atoms with Crippen molar-refractivity contribution in [3.8, 4) is 17.2 Å². The number of amides is 1. The van der Waals surface area contributed by atoms with Crippen LogP contribution in [0, 0.1) is 6.92 Å². The zero-order chi connectivity index (χ0) is 25.8. The Kier molecular flexibility index (Phi) is 7.42. The number of halogens is 1. The molecule has 10 heteroatoms. The first-order valence-electron chi connectivity index (χ1n) is 10.8. The number of anilines is 1. The van der Waals surface area contributed by atoms with Crippen LogP contribution < -0.4 is 25.1 Å². The summed E-state index contributed by atoms with van der Waals surface area (Å²) in [6.07, 6.45) is 1.54. The largest absolute Gasteiger partial charge is 0.497 e. The summed E-state index contributed by atoms with van der Waals surface area (Å²) in [5.74, 6) is 0.898. The normalized spacial score (nSPS) is 11.4. The lowest BCUT2D eigenvalue weighted by Gasteiger charge is -2.14. The molecule has 36 heavy (non-hydrogen) atoms. The highest BCUT2D eigenvalue weighted by molar-refractivity contribution is 6.32. The lowest BCUT2D eigenvalue weighted by Crippen LogP contribution is -2.22. The van der Waals surface area contributed by atoms with Crippen LogP contribution in [0.15, 0.2) is 58.1 Å². The number of methoxy groups -OCH3 is 3. The van der Waals surface area contributed by atoms with Crippen molar-refractivity contribution in [2.45, 2.75) is 13.5 Å². The maximum absolute atomic E-state index is 13.5. The van der Waals surface area contributed by atoms with Gasteiger partial charge in [0.15, 0.2) is 5.58 Å². The van der Waals surface area contributed by atoms with Crippen molar-refractivity contribution in [3.63, 3.8) is 0 Å². The second-order valence-electron chi connectivity index (χ2n) is 7.69. The van der Waals surface area contributed by atoms with Gasteiger partial charge in [0.2, 0.25) is 5.55 Å². The average molecular weight is 510 g/mol. The van der Waals surface area contributed by atoms with Crippen molar-refractivity contribution in [1.29, 1.82) is 0 Å². The number of fused-ring (bicyclic) bond motifs is 1. The molecule has 186 valence electrons. The van der Waals surface area contributed by atoms with Crippen molar-refractivity contribution in [1.82, 2.24) is 4.98 Å². The molecule has 0 radical (unpaired) electrons. The first-order valence-corrected chi connectivity index (χ1v) is 11.2. The van der Waals surface area contributed by atoms with E-state index in [1.54, 1.807) is 56.6 Å². The Bertz CT molecular complexity index is 1500. The third kappa shape index (κ3) is 4.98. The third-order valence-corrected chi connectivity index (χ3v) is 5.79. The van der Waals surface area contributed by atoms with Crippen LogP contribution in [0.5, 0.6) is 17.2 Å². The van der Waals surface area contributed by atoms with Crippen molar-refractivity contribution in [3.05, 3.63) is 76.1 Å². The molecular formula is C26H24ClN3O6. The van der Waals surface area contributed by atoms with E-state index in [0.29, 0.717) is 55.9 Å². The molecule has 2 aromatic carbocycles. The molecule has 0 aliphatic heterocycles. The van der Waals surface area contributed by atoms with Gasteiger partial charge < -0.3 is 29.1 Å². The lowest BCUT2D eigenvalue weighted by molar-refractivity contribution is 0.102. The Balaban J connectivity index is 1.89. The molecule has 0 saturated heterocycles. The van der Waals surface area contributed by atoms with Crippen molar-refractivity contribution >= 4 is 39.9 Å². The minimum atomic E-state index is -0.522. The number of carbonyl (C=O) groups is 1. The molecule has 0 bridgehead atoms. The first-order chi connectivity index (χ1) is 17.4. The van der Waals surface area contributed by atoms with Gasteiger partial charge in [0.25, 0.3) is 5.91 Å². The Hall–Kier alpha value is -4.08. The van der Waals surface area contributed by atoms with Gasteiger partial charge in [-0.05, 0) is 43.3 Å². The summed E-state index contributed by atoms with van der Waals surface area (Å²) < 4.78 is 21.9. The summed E-state index contributed by atoms with van der Waals surface area (Å²) >= 11 is 6.27. The second-order valence-corrected chi connectivity index (χ2v) is 8.09. The Morgan fingerprint density at radius 3 is 2.44 bits per heavy atom. The van der Waals surface area contributed by atoms with Crippen LogP contribution in [-0.4, -0.2) is 37.3 Å². The van der Waals surface area contributed by atoms with Gasteiger partial charge in [-0.1, -0.05) is 11.6 Å². The van der Waals surface area contributed by atoms with E-state index in [4.69, 9.17) is 30.2 Å². The van der Waals surface area contributed by atoms with Crippen LogP contribution >= 0.6 is 11.6 Å². The fourth-order valence-corrected chi connectivity index (χ4v) is 3.82. The molecule has 1 amide bonds. The van der Waals surface area contributed by atoms with Crippen LogP contribution in [0.1, 0.15) is 21.6 Å². The number of aliphatic hydroxyl groups is 1. The molecule has 0 unspecified atom stereocenters. The molecule has 0 fully saturated rings. The number of aromatic nitrogens is 1. The number of carbonyl (C=O) groups excluding carboxylic acids is 1. The minimum Gasteiger partial charge on any atom is -0.497 e. The van der Waals surface area contributed by atoms with Crippen LogP contribution in [0.25, 0.3) is 11.0 Å². The zero-order valence-electron chi connectivity index (χ0n) is 20.1. The van der Waals surface area contributed by atoms with E-state index < -0.39 is 5.91 Å². The van der Waals surface area contributed by atoms with E-state index in [-0.39, 0.29) is 17.7 Å². The fraction of sp³-hybridized carbons (Fsp3) is 0.192. The van der Waals surface area contributed by atoms with Crippen LogP contribution in [-0.2, 0) is 6.61 Å². The maximum Gasteiger partial charge on any atom is 0.261 e. The predicted octanol–water partition coefficient (Wildman–Crippen LogP) is 4.79. The maximum atomic E-state index is 13.5. The van der Waals surface area contributed by atoms with E-state index in [1.165, 1.54) is 20.3 Å². The summed E-state index contributed by atoms with van der Waals surface area (Å²) in [7, 11) is 4.52. The quantitative estimate of drug-likeness (QED) is 0.368. The molecule has 9 nitrogen and oxygen atoms in total. The molecule has 0 aliphatic rings. The van der Waals surface area contributed by atoms with E-state index in [9.17, 15) is 9.90 Å². The van der Waals surface area contributed by atoms with Crippen molar-refractivity contribution < 1.29 is 28.5 Å². The van der Waals surface area contributed by atoms with E-state index >= 15 is 0 Å². The van der Waals surface area contributed by atoms with Gasteiger partial charge in [0, 0.05) is 23.2 Å². The van der Waals surface area contributed by atoms with Crippen LogP contribution in [0.4, 0.5) is 11.4 Å². The van der Waals surface area contributed by atoms with Gasteiger partial charge in [0.1, 0.15) is 22.8 Å². The van der Waals surface area contributed by atoms with Crippen molar-refractivity contribution in [2.24, 2.45) is 4.99 Å². The standard InChI is InChI=1S/C26H24ClN3O6/c1-14-24-18(15(13-31)12-28-14)9-19(26(36-24)29-16-5-7-17(33-2)8-6-16)25(32)30-21-10-20(27)22(34-3)11-23(21)35-4/h5-12,31H,13H2,1-4H3,(H,30,32). The van der Waals surface area contributed by atoms with E-state index in [2.05, 4.69) is 15.3 Å². The number of rotatable bonds is 7. The summed E-state index contributed by atoms with van der Waals surface area (Å²) in [6, 6.07) is 11.7. The number of pyridine rings is 1. The summed E-state index contributed by atoms with van der Waals surface area (Å²) in [6.45, 7) is 1.49. The topological polar surface area (TPSA) is 115 Å². The second kappa shape index (κ2) is 10.7. The monoisotopic (exact) mass is 509 g/mol. The van der Waals surface area contributed by atoms with Crippen molar-refractivity contribution in [2.75, 3.05) is 26.6 Å². The Labute approximate surface area is 211 Å². The molecule has 2 N–H and O–H groups in total. The van der Waals surface area contributed by atoms with Gasteiger partial charge in [0.05, 0.1) is 50.0 Å². The highest BCUT2D eigenvalue weighted by atomic mass is 35.5. The summed E-state index contributed by atoms with van der Waals surface area (Å²) in [5.41, 5.74) is 2.57. The zero-order valence-corrected chi connectivity index (χ0v) is 20.8. The van der Waals surface area contributed by atoms with E-state index in [1.807, 2.05) is 0 Å². The number of nitrogens with one attached hydrogen (secondary N) is 1. The summed E-state index contributed by atoms with van der Waals surface area (Å²) in [4.78, 5) is 22.4. The molecule has 4 aromatic rings. The number of benzene rings is 2. The number of hydrogen-bond donors (Lipinski definition) is 2. The molecule has 4 rings (SSSR count). The highest BCUT2D eigenvalue weighted by Gasteiger charge is 2.19. The minimum absolute atomic E-state index is 0.0590. The SMILES string of the molecule is COc1ccc(N=c2oc3c(C)ncc(CO)c3cc2C(=O)Nc2cc(Cl)c(OC)cc2OC)cc1. The van der Waals surface area contributed by atoms with E-state index in [0.717, 1.165) is 0 Å². The summed E-state index contributed by atoms with van der Waals surface area (Å²) in [5, 5.41) is 13.5.